The maximum atomic E-state index is 13.4. The molecule has 3 rings (SSSR count). The summed E-state index contributed by atoms with van der Waals surface area (Å²) in [7, 11) is 2.80. The number of methoxy groups -OCH3 is 2. The lowest BCUT2D eigenvalue weighted by Gasteiger charge is -2.25. The number of carbonyl (C=O) groups excluding carboxylic acids is 3. The van der Waals surface area contributed by atoms with E-state index in [1.165, 1.54) is 26.4 Å². The molecular formula is C34H48N5O7+. The molecule has 2 aromatic rings. The third kappa shape index (κ3) is 10.9. The summed E-state index contributed by atoms with van der Waals surface area (Å²) < 4.78 is 22.4. The van der Waals surface area contributed by atoms with Gasteiger partial charge >= 0.3 is 5.91 Å². The van der Waals surface area contributed by atoms with Crippen molar-refractivity contribution in [3.63, 3.8) is 0 Å². The Morgan fingerprint density at radius 2 is 1.41 bits per heavy atom. The first-order valence-electron chi connectivity index (χ1n) is 16.0. The van der Waals surface area contributed by atoms with Crippen LogP contribution in [0, 0.1) is 12.0 Å². The molecular weight excluding hydrogens is 590 g/mol. The third-order valence-corrected chi connectivity index (χ3v) is 7.85. The van der Waals surface area contributed by atoms with E-state index in [9.17, 15) is 14.4 Å². The van der Waals surface area contributed by atoms with E-state index in [1.54, 1.807) is 18.2 Å². The van der Waals surface area contributed by atoms with E-state index in [1.807, 2.05) is 0 Å². The predicted octanol–water partition coefficient (Wildman–Crippen LogP) is 4.28. The summed E-state index contributed by atoms with van der Waals surface area (Å²) in [5, 5.41) is 3.14. The Hall–Kier alpha value is -4.34. The first kappa shape index (κ1) is 36.1. The number of nitrogens with one attached hydrogen (secondary N) is 1. The number of ether oxygens (including phenoxy) is 4. The van der Waals surface area contributed by atoms with Gasteiger partial charge in [0.15, 0.2) is 5.56 Å². The van der Waals surface area contributed by atoms with E-state index in [-0.39, 0.29) is 40.5 Å². The van der Waals surface area contributed by atoms with Crippen LogP contribution in [0.3, 0.4) is 0 Å². The molecule has 0 radical (unpaired) electrons. The molecule has 0 heterocycles. The molecule has 0 bridgehead atoms. The Kier molecular flexibility index (Phi) is 15.1. The molecule has 0 spiro atoms. The Morgan fingerprint density at radius 1 is 0.783 bits per heavy atom. The lowest BCUT2D eigenvalue weighted by molar-refractivity contribution is 0.0919. The summed E-state index contributed by atoms with van der Waals surface area (Å²) in [6.07, 6.45) is 8.35. The summed E-state index contributed by atoms with van der Waals surface area (Å²) in [6, 6.07) is 11.0. The standard InChI is InChI=1S/C34H47N5O7/c1-43-29-21-30(44-2)28(20-27(29)32(37)40)33(41)38-22-23-9-11-24(12-10-23)39-34(42)26-14-13-25(45-17-7-3-5-15-35)19-31(26)46-18-8-4-6-16-36/h13-14,19-21,23-24H,3-12,15-18,35-36H2,1-2H3,(H2-,37,39,40,42)/p+1. The number of nitrogens with zero attached hydrogens (tertiary/aromatic N) is 1. The lowest BCUT2D eigenvalue weighted by Crippen LogP contribution is -2.37. The van der Waals surface area contributed by atoms with Gasteiger partial charge in [-0.05, 0) is 95.5 Å². The van der Waals surface area contributed by atoms with E-state index in [2.05, 4.69) is 16.2 Å². The first-order valence-corrected chi connectivity index (χ1v) is 16.0. The Morgan fingerprint density at radius 3 is 2.02 bits per heavy atom. The number of unbranched alkanes of at least 4 members (excludes halogenated alkanes) is 4. The van der Waals surface area contributed by atoms with Crippen molar-refractivity contribution in [1.82, 2.24) is 5.32 Å². The molecule has 1 aliphatic rings. The monoisotopic (exact) mass is 638 g/mol. The molecule has 12 nitrogen and oxygen atoms in total. The van der Waals surface area contributed by atoms with Gasteiger partial charge in [-0.2, -0.15) is 4.79 Å². The van der Waals surface area contributed by atoms with Crippen molar-refractivity contribution in [2.75, 3.05) is 40.5 Å². The predicted molar refractivity (Wildman–Crippen MR) is 176 cm³/mol. The Balaban J connectivity index is 1.60. The minimum Gasteiger partial charge on any atom is -0.496 e. The van der Waals surface area contributed by atoms with Crippen LogP contribution in [0.15, 0.2) is 30.3 Å². The lowest BCUT2D eigenvalue weighted by atomic mass is 9.87. The highest BCUT2D eigenvalue weighted by atomic mass is 16.5. The second kappa shape index (κ2) is 19.2. The molecule has 46 heavy (non-hydrogen) atoms. The van der Waals surface area contributed by atoms with Crippen LogP contribution in [0.4, 0.5) is 0 Å². The number of amides is 3. The van der Waals surface area contributed by atoms with Crippen molar-refractivity contribution in [2.24, 2.45) is 23.1 Å². The molecule has 0 aliphatic heterocycles. The largest absolute Gasteiger partial charge is 0.551 e. The van der Waals surface area contributed by atoms with Gasteiger partial charge in [0, 0.05) is 23.0 Å². The number of primary amides is 1. The van der Waals surface area contributed by atoms with Gasteiger partial charge in [-0.15, -0.1) is 0 Å². The van der Waals surface area contributed by atoms with Crippen molar-refractivity contribution in [3.8, 4) is 29.1 Å². The number of nitrogens with two attached hydrogens (primary N) is 3. The zero-order chi connectivity index (χ0) is 33.3. The van der Waals surface area contributed by atoms with Crippen LogP contribution in [-0.4, -0.2) is 64.3 Å². The number of hydrogen-bond donors (Lipinski definition) is 4. The molecule has 250 valence electrons. The number of carbonyl (C=O) groups is 3. The number of benzene rings is 2. The maximum Gasteiger partial charge on any atom is 0.551 e. The second-order valence-electron chi connectivity index (χ2n) is 11.2. The summed E-state index contributed by atoms with van der Waals surface area (Å²) in [5.41, 5.74) is 17.2. The van der Waals surface area contributed by atoms with Gasteiger partial charge in [0.2, 0.25) is 0 Å². The van der Waals surface area contributed by atoms with Crippen molar-refractivity contribution < 1.29 is 33.3 Å². The molecule has 1 aliphatic carbocycles. The van der Waals surface area contributed by atoms with Gasteiger partial charge in [0.05, 0.1) is 44.5 Å². The molecule has 12 heteroatoms. The van der Waals surface area contributed by atoms with Crippen molar-refractivity contribution in [1.29, 1.82) is 0 Å². The fourth-order valence-electron chi connectivity index (χ4n) is 5.22. The van der Waals surface area contributed by atoms with Crippen LogP contribution in [0.25, 0.3) is 4.85 Å². The summed E-state index contributed by atoms with van der Waals surface area (Å²) >= 11 is 0. The highest BCUT2D eigenvalue weighted by molar-refractivity contribution is 6.07. The Labute approximate surface area is 271 Å². The summed E-state index contributed by atoms with van der Waals surface area (Å²) in [4.78, 5) is 42.1. The minimum atomic E-state index is -0.735. The molecule has 0 saturated heterocycles. The SMILES string of the molecule is COc1cc(OC)c(C(=O)[N+]#CC2CCC(NC(=O)c3ccc(OCCCCCN)cc3OCCCCCN)CC2)cc1C(N)=O. The zero-order valence-corrected chi connectivity index (χ0v) is 27.0. The van der Waals surface area contributed by atoms with Gasteiger partial charge in [0.25, 0.3) is 17.9 Å². The van der Waals surface area contributed by atoms with Crippen molar-refractivity contribution >= 4 is 17.7 Å². The van der Waals surface area contributed by atoms with E-state index >= 15 is 0 Å². The minimum absolute atomic E-state index is 0.0445. The average Bonchev–Trinajstić information content (AvgIpc) is 3.06. The molecule has 0 atom stereocenters. The maximum absolute atomic E-state index is 13.4. The van der Waals surface area contributed by atoms with Crippen LogP contribution in [-0.2, 0) is 0 Å². The molecule has 3 amide bonds. The normalized spacial score (nSPS) is 15.7. The fourth-order valence-corrected chi connectivity index (χ4v) is 5.22. The third-order valence-electron chi connectivity index (χ3n) is 7.85. The quantitative estimate of drug-likeness (QED) is 0.173. The Bertz CT molecular complexity index is 1380. The van der Waals surface area contributed by atoms with Crippen LogP contribution >= 0.6 is 0 Å². The molecule has 1 saturated carbocycles. The molecule has 0 unspecified atom stereocenters. The van der Waals surface area contributed by atoms with Gasteiger partial charge < -0.3 is 41.5 Å². The average molecular weight is 639 g/mol. The number of rotatable bonds is 18. The van der Waals surface area contributed by atoms with Crippen molar-refractivity contribution in [2.45, 2.75) is 70.3 Å². The van der Waals surface area contributed by atoms with Crippen LogP contribution in [0.2, 0.25) is 0 Å². The second-order valence-corrected chi connectivity index (χ2v) is 11.2. The van der Waals surface area contributed by atoms with Gasteiger partial charge in [-0.25, -0.2) is 0 Å². The molecule has 1 fully saturated rings. The van der Waals surface area contributed by atoms with E-state index in [4.69, 9.17) is 36.1 Å². The van der Waals surface area contributed by atoms with E-state index in [0.29, 0.717) is 69.0 Å². The highest BCUT2D eigenvalue weighted by Gasteiger charge is 2.29. The topological polar surface area (TPSA) is 183 Å². The fraction of sp³-hybridized carbons (Fsp3) is 0.529. The molecule has 0 aromatic heterocycles. The van der Waals surface area contributed by atoms with Gasteiger partial charge in [0.1, 0.15) is 23.0 Å². The van der Waals surface area contributed by atoms with Crippen molar-refractivity contribution in [3.05, 3.63) is 51.9 Å². The summed E-state index contributed by atoms with van der Waals surface area (Å²) in [5.74, 6) is -0.0451. The highest BCUT2D eigenvalue weighted by Crippen LogP contribution is 2.31. The van der Waals surface area contributed by atoms with E-state index in [0.717, 1.165) is 38.5 Å². The van der Waals surface area contributed by atoms with Gasteiger partial charge in [-0.1, -0.05) is 0 Å². The smallest absolute Gasteiger partial charge is 0.496 e. The first-order chi connectivity index (χ1) is 22.3. The molecule has 7 N–H and O–H groups in total. The van der Waals surface area contributed by atoms with Crippen LogP contribution < -0.4 is 41.5 Å². The van der Waals surface area contributed by atoms with Crippen LogP contribution in [0.1, 0.15) is 95.3 Å². The number of hydrogen-bond acceptors (Lipinski definition) is 9. The van der Waals surface area contributed by atoms with Crippen LogP contribution in [0.5, 0.6) is 23.0 Å². The zero-order valence-electron chi connectivity index (χ0n) is 27.0. The van der Waals surface area contributed by atoms with Gasteiger partial charge in [-0.3, -0.25) is 9.59 Å². The van der Waals surface area contributed by atoms with E-state index < -0.39 is 11.8 Å². The molecule has 2 aromatic carbocycles. The summed E-state index contributed by atoms with van der Waals surface area (Å²) in [6.45, 7) is 2.35.